The molecule has 4 nitrogen and oxygen atoms in total. The van der Waals surface area contributed by atoms with E-state index < -0.39 is 24.8 Å². The van der Waals surface area contributed by atoms with Gasteiger partial charge < -0.3 is 14.9 Å². The third kappa shape index (κ3) is 10.8. The van der Waals surface area contributed by atoms with Gasteiger partial charge in [-0.15, -0.1) is 0 Å². The Morgan fingerprint density at radius 2 is 1.93 bits per heavy atom. The average Bonchev–Trinajstić information content (AvgIpc) is 2.27. The highest BCUT2D eigenvalue weighted by molar-refractivity contribution is 5.81. The topological polar surface area (TPSA) is 66.8 Å². The molecule has 0 fully saturated rings. The number of rotatable bonds is 4. The Bertz CT molecular complexity index is 195. The van der Waals surface area contributed by atoms with E-state index in [0.29, 0.717) is 0 Å². The zero-order chi connectivity index (χ0) is 12.3. The lowest BCUT2D eigenvalue weighted by Gasteiger charge is -2.15. The average molecular weight is 216 g/mol. The molecule has 0 aliphatic rings. The summed E-state index contributed by atoms with van der Waals surface area (Å²) in [5.41, 5.74) is 0. The van der Waals surface area contributed by atoms with Crippen LogP contribution in [0.3, 0.4) is 0 Å². The summed E-state index contributed by atoms with van der Waals surface area (Å²) >= 11 is 0. The van der Waals surface area contributed by atoms with E-state index in [2.05, 4.69) is 11.3 Å². The molecule has 0 radical (unpaired) electrons. The fourth-order valence-electron chi connectivity index (χ4n) is 0.458. The van der Waals surface area contributed by atoms with Crippen LogP contribution >= 0.6 is 0 Å². The summed E-state index contributed by atoms with van der Waals surface area (Å²) in [6, 6.07) is 0. The predicted molar refractivity (Wildman–Crippen MR) is 59.3 cm³/mol. The van der Waals surface area contributed by atoms with Crippen molar-refractivity contribution >= 4 is 5.97 Å². The summed E-state index contributed by atoms with van der Waals surface area (Å²) < 4.78 is 4.59. The molecule has 0 aromatic carbocycles. The van der Waals surface area contributed by atoms with Crippen molar-refractivity contribution in [2.75, 3.05) is 6.61 Å². The number of esters is 1. The number of hydrogen-bond donors (Lipinski definition) is 2. The molecule has 0 aliphatic heterocycles. The van der Waals surface area contributed by atoms with Crippen LogP contribution in [0.1, 0.15) is 20.8 Å². The molecule has 15 heavy (non-hydrogen) atoms. The van der Waals surface area contributed by atoms with Gasteiger partial charge in [-0.3, -0.25) is 0 Å². The molecule has 0 aliphatic carbocycles. The number of hydrogen-bond acceptors (Lipinski definition) is 4. The number of carbonyl (C=O) groups excluding carboxylic acids is 1. The van der Waals surface area contributed by atoms with Gasteiger partial charge in [0.1, 0.15) is 12.2 Å². The third-order valence-corrected chi connectivity index (χ3v) is 1.53. The van der Waals surface area contributed by atoms with Crippen molar-refractivity contribution in [3.05, 3.63) is 24.8 Å². The number of ether oxygens (including phenoxy) is 1. The molecule has 0 aromatic heterocycles. The Kier molecular flexibility index (Phi) is 11.9. The Balaban J connectivity index is 0. The van der Waals surface area contributed by atoms with Crippen LogP contribution in [0.4, 0.5) is 0 Å². The van der Waals surface area contributed by atoms with Crippen LogP contribution in [0.15, 0.2) is 24.8 Å². The van der Waals surface area contributed by atoms with Crippen molar-refractivity contribution in [3.8, 4) is 0 Å². The normalized spacial score (nSPS) is 13.7. The van der Waals surface area contributed by atoms with Crippen molar-refractivity contribution in [1.29, 1.82) is 0 Å². The first-order valence-electron chi connectivity index (χ1n) is 4.72. The van der Waals surface area contributed by atoms with Gasteiger partial charge in [0.05, 0.1) is 6.61 Å². The molecule has 0 saturated carbocycles. The second-order valence-corrected chi connectivity index (χ2v) is 2.76. The first-order chi connectivity index (χ1) is 7.03. The predicted octanol–water partition coefficient (Wildman–Crippen LogP) is 1.04. The van der Waals surface area contributed by atoms with E-state index in [4.69, 9.17) is 10.2 Å². The summed E-state index contributed by atoms with van der Waals surface area (Å²) in [6.45, 7) is 8.24. The molecule has 2 atom stereocenters. The molecule has 0 aromatic rings. The highest BCUT2D eigenvalue weighted by atomic mass is 16.6. The van der Waals surface area contributed by atoms with Crippen LogP contribution in [-0.2, 0) is 9.53 Å². The van der Waals surface area contributed by atoms with Gasteiger partial charge >= 0.3 is 5.97 Å². The molecule has 2 unspecified atom stereocenters. The van der Waals surface area contributed by atoms with Crippen LogP contribution in [0, 0.1) is 0 Å². The Morgan fingerprint density at radius 3 is 2.20 bits per heavy atom. The highest BCUT2D eigenvalue weighted by Crippen LogP contribution is 1.98. The molecular formula is C11H20O4. The van der Waals surface area contributed by atoms with E-state index in [1.165, 1.54) is 6.92 Å². The van der Waals surface area contributed by atoms with Gasteiger partial charge in [-0.2, -0.15) is 0 Å². The second kappa shape index (κ2) is 10.9. The second-order valence-electron chi connectivity index (χ2n) is 2.76. The lowest BCUT2D eigenvalue weighted by Crippen LogP contribution is -2.30. The van der Waals surface area contributed by atoms with Crippen LogP contribution < -0.4 is 0 Å². The number of aliphatic hydroxyl groups is 2. The molecule has 0 heterocycles. The standard InChI is InChI=1S/C7H12O4.C4H8/c1-3-7(10)11-5(2)6(9)4-8;1-3-4-2/h3,5-6,8-9H,1,4H2,2H3;3-4H,1-2H3. The zero-order valence-electron chi connectivity index (χ0n) is 9.51. The maximum Gasteiger partial charge on any atom is 0.330 e. The van der Waals surface area contributed by atoms with Gasteiger partial charge in [0.25, 0.3) is 0 Å². The van der Waals surface area contributed by atoms with Crippen LogP contribution in [0.25, 0.3) is 0 Å². The Hall–Kier alpha value is -1.13. The van der Waals surface area contributed by atoms with E-state index in [1.54, 1.807) is 0 Å². The smallest absolute Gasteiger partial charge is 0.330 e. The van der Waals surface area contributed by atoms with E-state index in [-0.39, 0.29) is 0 Å². The molecule has 0 rings (SSSR count). The molecule has 2 N–H and O–H groups in total. The van der Waals surface area contributed by atoms with Crippen LogP contribution in [-0.4, -0.2) is 35.0 Å². The third-order valence-electron chi connectivity index (χ3n) is 1.53. The van der Waals surface area contributed by atoms with Gasteiger partial charge in [-0.25, -0.2) is 4.79 Å². The monoisotopic (exact) mass is 216 g/mol. The molecule has 0 spiro atoms. The maximum absolute atomic E-state index is 10.5. The quantitative estimate of drug-likeness (QED) is 0.418. The Labute approximate surface area is 90.9 Å². The Morgan fingerprint density at radius 1 is 1.47 bits per heavy atom. The highest BCUT2D eigenvalue weighted by Gasteiger charge is 2.15. The number of allylic oxidation sites excluding steroid dienone is 2. The molecule has 88 valence electrons. The van der Waals surface area contributed by atoms with Gasteiger partial charge in [-0.1, -0.05) is 18.7 Å². The number of carbonyl (C=O) groups is 1. The fourth-order valence-corrected chi connectivity index (χ4v) is 0.458. The summed E-state index contributed by atoms with van der Waals surface area (Å²) in [7, 11) is 0. The van der Waals surface area contributed by atoms with Gasteiger partial charge in [0.15, 0.2) is 0 Å². The molecule has 0 saturated heterocycles. The summed E-state index contributed by atoms with van der Waals surface area (Å²) in [6.07, 6.45) is 3.27. The summed E-state index contributed by atoms with van der Waals surface area (Å²) in [5.74, 6) is -0.606. The van der Waals surface area contributed by atoms with Crippen molar-refractivity contribution in [1.82, 2.24) is 0 Å². The van der Waals surface area contributed by atoms with Crippen LogP contribution in [0.2, 0.25) is 0 Å². The van der Waals surface area contributed by atoms with Crippen LogP contribution in [0.5, 0.6) is 0 Å². The van der Waals surface area contributed by atoms with Crippen molar-refractivity contribution < 1.29 is 19.7 Å². The van der Waals surface area contributed by atoms with E-state index in [0.717, 1.165) is 6.08 Å². The van der Waals surface area contributed by atoms with Crippen molar-refractivity contribution in [2.45, 2.75) is 33.0 Å². The molecular weight excluding hydrogens is 196 g/mol. The zero-order valence-corrected chi connectivity index (χ0v) is 9.51. The SMILES string of the molecule is C=CC(=O)OC(C)C(O)CO.CC=CC. The minimum Gasteiger partial charge on any atom is -0.457 e. The van der Waals surface area contributed by atoms with E-state index in [1.807, 2.05) is 26.0 Å². The molecule has 4 heteroatoms. The van der Waals surface area contributed by atoms with Gasteiger partial charge in [0, 0.05) is 6.08 Å². The molecule has 0 amide bonds. The van der Waals surface area contributed by atoms with E-state index in [9.17, 15) is 4.79 Å². The largest absolute Gasteiger partial charge is 0.457 e. The summed E-state index contributed by atoms with van der Waals surface area (Å²) in [4.78, 5) is 10.5. The fraction of sp³-hybridized carbons (Fsp3) is 0.545. The van der Waals surface area contributed by atoms with Crippen molar-refractivity contribution in [3.63, 3.8) is 0 Å². The van der Waals surface area contributed by atoms with E-state index >= 15 is 0 Å². The van der Waals surface area contributed by atoms with Gasteiger partial charge in [-0.05, 0) is 20.8 Å². The first kappa shape index (κ1) is 16.3. The molecule has 0 bridgehead atoms. The minimum atomic E-state index is -1.03. The lowest BCUT2D eigenvalue weighted by molar-refractivity contribution is -0.148. The number of aliphatic hydroxyl groups excluding tert-OH is 2. The lowest BCUT2D eigenvalue weighted by atomic mass is 10.2. The minimum absolute atomic E-state index is 0.425. The van der Waals surface area contributed by atoms with Crippen molar-refractivity contribution in [2.24, 2.45) is 0 Å². The summed E-state index contributed by atoms with van der Waals surface area (Å²) in [5, 5.41) is 17.3. The maximum atomic E-state index is 10.5. The van der Waals surface area contributed by atoms with Gasteiger partial charge in [0.2, 0.25) is 0 Å². The first-order valence-corrected chi connectivity index (χ1v) is 4.72.